The number of esters is 1. The van der Waals surface area contributed by atoms with Gasteiger partial charge in [-0.2, -0.15) is 0 Å². The smallest absolute Gasteiger partial charge is 0.464 e. The van der Waals surface area contributed by atoms with Crippen LogP contribution in [0.5, 0.6) is 11.5 Å². The van der Waals surface area contributed by atoms with Crippen molar-refractivity contribution < 1.29 is 42.0 Å². The van der Waals surface area contributed by atoms with Gasteiger partial charge in [-0.1, -0.05) is 24.1 Å². The van der Waals surface area contributed by atoms with Crippen molar-refractivity contribution in [3.05, 3.63) is 59.2 Å². The minimum absolute atomic E-state index is 0.00412. The lowest BCUT2D eigenvalue weighted by Gasteiger charge is -2.33. The Morgan fingerprint density at radius 3 is 2.58 bits per heavy atom. The molecule has 3 rings (SSSR count). The third-order valence-corrected chi connectivity index (χ3v) is 4.86. The molecule has 1 heterocycles. The van der Waals surface area contributed by atoms with Crippen LogP contribution in [0.15, 0.2) is 42.5 Å². The van der Waals surface area contributed by atoms with Crippen LogP contribution in [0.4, 0.5) is 13.2 Å². The Bertz CT molecular complexity index is 997. The van der Waals surface area contributed by atoms with Gasteiger partial charge < -0.3 is 24.1 Å². The fourth-order valence-corrected chi connectivity index (χ4v) is 3.41. The molecule has 0 amide bonds. The minimum atomic E-state index is -4.76. The van der Waals surface area contributed by atoms with Gasteiger partial charge in [0.25, 0.3) is 0 Å². The lowest BCUT2D eigenvalue weighted by atomic mass is 10.0. The van der Waals surface area contributed by atoms with E-state index in [0.29, 0.717) is 24.2 Å². The van der Waals surface area contributed by atoms with E-state index in [-0.39, 0.29) is 18.8 Å². The summed E-state index contributed by atoms with van der Waals surface area (Å²) in [5.74, 6) is 2.18. The van der Waals surface area contributed by atoms with Crippen LogP contribution < -0.4 is 9.47 Å². The number of halogens is 3. The van der Waals surface area contributed by atoms with Crippen LogP contribution in [0.3, 0.4) is 0 Å². The van der Waals surface area contributed by atoms with Crippen LogP contribution in [0.1, 0.15) is 36.5 Å². The third kappa shape index (κ3) is 7.70. The largest absolute Gasteiger partial charge is 0.573 e. The number of rotatable bonds is 7. The maximum atomic E-state index is 12.4. The molecule has 1 fully saturated rings. The normalized spacial score (nSPS) is 20.5. The van der Waals surface area contributed by atoms with Gasteiger partial charge in [0.15, 0.2) is 0 Å². The number of hydrogen-bond donors (Lipinski definition) is 1. The Hall–Kier alpha value is -3.22. The summed E-state index contributed by atoms with van der Waals surface area (Å²) in [5.41, 5.74) is 2.01. The molecule has 2 aromatic rings. The van der Waals surface area contributed by atoms with Crippen molar-refractivity contribution >= 4 is 5.97 Å². The number of ether oxygens (including phenoxy) is 4. The Morgan fingerprint density at radius 1 is 1.21 bits per heavy atom. The highest BCUT2D eigenvalue weighted by Crippen LogP contribution is 2.29. The number of carbonyl (C=O) groups is 1. The number of carbonyl (C=O) groups excluding carboxylic acids is 1. The highest BCUT2D eigenvalue weighted by Gasteiger charge is 2.32. The molecule has 1 N–H and O–H groups in total. The summed E-state index contributed by atoms with van der Waals surface area (Å²) in [6.07, 6.45) is -0.431. The van der Waals surface area contributed by atoms with E-state index in [0.717, 1.165) is 11.1 Å². The zero-order valence-corrected chi connectivity index (χ0v) is 17.8. The fourth-order valence-electron chi connectivity index (χ4n) is 3.41. The van der Waals surface area contributed by atoms with Crippen molar-refractivity contribution in [3.8, 4) is 23.8 Å². The maximum Gasteiger partial charge on any atom is 0.573 e. The number of benzene rings is 2. The summed E-state index contributed by atoms with van der Waals surface area (Å²) < 4.78 is 57.8. The number of hydrogen-bond acceptors (Lipinski definition) is 6. The van der Waals surface area contributed by atoms with Crippen molar-refractivity contribution in [2.45, 2.75) is 51.0 Å². The molecule has 3 atom stereocenters. The van der Waals surface area contributed by atoms with Crippen LogP contribution >= 0.6 is 0 Å². The molecule has 3 unspecified atom stereocenters. The van der Waals surface area contributed by atoms with Gasteiger partial charge in [-0.25, -0.2) is 0 Å². The lowest BCUT2D eigenvalue weighted by Crippen LogP contribution is -2.41. The molecule has 0 aliphatic carbocycles. The van der Waals surface area contributed by atoms with E-state index in [1.54, 1.807) is 18.2 Å². The first-order chi connectivity index (χ1) is 15.6. The van der Waals surface area contributed by atoms with Gasteiger partial charge in [0.05, 0.1) is 12.2 Å². The maximum absolute atomic E-state index is 12.4. The molecular weight excluding hydrogens is 441 g/mol. The van der Waals surface area contributed by atoms with Crippen molar-refractivity contribution in [2.24, 2.45) is 0 Å². The summed E-state index contributed by atoms with van der Waals surface area (Å²) in [6, 6.07) is 10.7. The Kier molecular flexibility index (Phi) is 7.84. The first kappa shape index (κ1) is 24.4. The van der Waals surface area contributed by atoms with Gasteiger partial charge in [0.1, 0.15) is 18.1 Å². The number of aliphatic hydroxyl groups is 1. The third-order valence-electron chi connectivity index (χ3n) is 4.86. The predicted octanol–water partition coefficient (Wildman–Crippen LogP) is 3.97. The molecular formula is C24H23F3O6. The molecule has 9 heteroatoms. The minimum Gasteiger partial charge on any atom is -0.464 e. The highest BCUT2D eigenvalue weighted by atomic mass is 19.4. The monoisotopic (exact) mass is 464 g/mol. The number of terminal acetylenes is 1. The van der Waals surface area contributed by atoms with Crippen LogP contribution in [0.25, 0.3) is 0 Å². The van der Waals surface area contributed by atoms with Crippen molar-refractivity contribution in [3.63, 3.8) is 0 Å². The molecule has 1 aliphatic rings. The van der Waals surface area contributed by atoms with E-state index in [4.69, 9.17) is 20.6 Å². The Labute approximate surface area is 189 Å². The Morgan fingerprint density at radius 2 is 1.94 bits per heavy atom. The molecule has 176 valence electrons. The van der Waals surface area contributed by atoms with Crippen molar-refractivity contribution in [2.75, 3.05) is 6.61 Å². The standard InChI is InChI=1S/C24H23F3O6/c1-3-16-4-7-18(10-17-5-8-20(9-6-17)33-24(25,26)27)22(11-16)32-23-13-19(29)12-21(31-23)14-30-15(2)28/h1,4-9,11,19,21,23,29H,10,12-14H2,2H3. The van der Waals surface area contributed by atoms with E-state index in [9.17, 15) is 23.1 Å². The average molecular weight is 464 g/mol. The summed E-state index contributed by atoms with van der Waals surface area (Å²) >= 11 is 0. The lowest BCUT2D eigenvalue weighted by molar-refractivity contribution is -0.274. The predicted molar refractivity (Wildman–Crippen MR) is 111 cm³/mol. The molecule has 0 bridgehead atoms. The van der Waals surface area contributed by atoms with Crippen LogP contribution in [-0.2, 0) is 20.7 Å². The summed E-state index contributed by atoms with van der Waals surface area (Å²) in [5, 5.41) is 10.2. The van der Waals surface area contributed by atoms with E-state index in [1.165, 1.54) is 31.2 Å². The molecule has 0 radical (unpaired) electrons. The van der Waals surface area contributed by atoms with E-state index >= 15 is 0 Å². The van der Waals surface area contributed by atoms with Crippen LogP contribution in [0, 0.1) is 12.3 Å². The molecule has 2 aromatic carbocycles. The van der Waals surface area contributed by atoms with Gasteiger partial charge in [-0.15, -0.1) is 19.6 Å². The molecule has 33 heavy (non-hydrogen) atoms. The summed E-state index contributed by atoms with van der Waals surface area (Å²) in [6.45, 7) is 1.28. The van der Waals surface area contributed by atoms with E-state index in [2.05, 4.69) is 10.7 Å². The first-order valence-corrected chi connectivity index (χ1v) is 10.2. The van der Waals surface area contributed by atoms with Gasteiger partial charge in [-0.3, -0.25) is 4.79 Å². The van der Waals surface area contributed by atoms with Gasteiger partial charge in [0.2, 0.25) is 6.29 Å². The molecule has 0 spiro atoms. The fraction of sp³-hybridized carbons (Fsp3) is 0.375. The van der Waals surface area contributed by atoms with E-state index < -0.39 is 30.8 Å². The SMILES string of the molecule is C#Cc1ccc(Cc2ccc(OC(F)(F)F)cc2)c(OC2CC(O)CC(COC(C)=O)O2)c1. The van der Waals surface area contributed by atoms with Gasteiger partial charge >= 0.3 is 12.3 Å². The second-order valence-electron chi connectivity index (χ2n) is 7.57. The topological polar surface area (TPSA) is 74.2 Å². The van der Waals surface area contributed by atoms with Crippen molar-refractivity contribution in [1.82, 2.24) is 0 Å². The highest BCUT2D eigenvalue weighted by molar-refractivity contribution is 5.65. The quantitative estimate of drug-likeness (QED) is 0.494. The second-order valence-corrected chi connectivity index (χ2v) is 7.57. The van der Waals surface area contributed by atoms with Crippen LogP contribution in [-0.4, -0.2) is 42.5 Å². The van der Waals surface area contributed by atoms with Gasteiger partial charge in [-0.05, 0) is 35.4 Å². The summed E-state index contributed by atoms with van der Waals surface area (Å²) in [7, 11) is 0. The first-order valence-electron chi connectivity index (χ1n) is 10.2. The molecule has 0 saturated carbocycles. The molecule has 6 nitrogen and oxygen atoms in total. The summed E-state index contributed by atoms with van der Waals surface area (Å²) in [4.78, 5) is 11.1. The molecule has 1 saturated heterocycles. The molecule has 1 aliphatic heterocycles. The zero-order valence-electron chi connectivity index (χ0n) is 17.8. The zero-order chi connectivity index (χ0) is 24.0. The average Bonchev–Trinajstić information content (AvgIpc) is 2.73. The number of aliphatic hydroxyl groups excluding tert-OH is 1. The van der Waals surface area contributed by atoms with Gasteiger partial charge in [0, 0.05) is 31.7 Å². The second kappa shape index (κ2) is 10.6. The number of alkyl halides is 3. The Balaban J connectivity index is 1.74. The molecule has 0 aromatic heterocycles. The van der Waals surface area contributed by atoms with Crippen molar-refractivity contribution in [1.29, 1.82) is 0 Å². The van der Waals surface area contributed by atoms with E-state index in [1.807, 2.05) is 0 Å². The van der Waals surface area contributed by atoms with Crippen LogP contribution in [0.2, 0.25) is 0 Å².